The van der Waals surface area contributed by atoms with Gasteiger partial charge in [0.1, 0.15) is 6.61 Å². The molecule has 0 N–H and O–H groups in total. The van der Waals surface area contributed by atoms with Crippen LogP contribution in [0.1, 0.15) is 76.2 Å². The first-order valence-corrected chi connectivity index (χ1v) is 10.6. The van der Waals surface area contributed by atoms with Crippen LogP contribution in [0.25, 0.3) is 0 Å². The Morgan fingerprint density at radius 2 is 1.13 bits per heavy atom. The molecule has 1 heterocycles. The lowest BCUT2D eigenvalue weighted by Gasteiger charge is -2.44. The highest BCUT2D eigenvalue weighted by Gasteiger charge is 2.48. The molecular formula is C23H40O7. The molecule has 1 aliphatic rings. The number of rotatable bonds is 4. The van der Waals surface area contributed by atoms with Gasteiger partial charge in [-0.3, -0.25) is 14.4 Å². The molecule has 5 atom stereocenters. The van der Waals surface area contributed by atoms with Crippen molar-refractivity contribution >= 4 is 17.9 Å². The Bertz CT molecular complexity index is 631. The second-order valence-corrected chi connectivity index (χ2v) is 11.4. The van der Waals surface area contributed by atoms with E-state index in [1.54, 1.807) is 62.3 Å². The molecule has 0 bridgehead atoms. The van der Waals surface area contributed by atoms with E-state index in [0.29, 0.717) is 0 Å². The van der Waals surface area contributed by atoms with Gasteiger partial charge in [0.25, 0.3) is 0 Å². The molecule has 0 aromatic rings. The molecule has 0 aromatic heterocycles. The minimum Gasteiger partial charge on any atom is -0.463 e. The fourth-order valence-electron chi connectivity index (χ4n) is 2.67. The molecule has 0 aromatic carbocycles. The first kappa shape index (κ1) is 26.4. The van der Waals surface area contributed by atoms with Crippen LogP contribution in [0.15, 0.2) is 0 Å². The lowest BCUT2D eigenvalue weighted by molar-refractivity contribution is -0.277. The first-order valence-electron chi connectivity index (χ1n) is 10.6. The standard InChI is InChI=1S/C23H40O7/c1-13-14(2)16(29-19(25)22(6,7)8)17(30-20(26)23(9,10)11)28-15(13)12-27-18(24)21(3,4)5/h13-17H,12H2,1-11H3/t13-,14-,15?,16?,17-/m0/s1. The van der Waals surface area contributed by atoms with Gasteiger partial charge in [-0.2, -0.15) is 0 Å². The summed E-state index contributed by atoms with van der Waals surface area (Å²) in [6.07, 6.45) is -2.33. The Hall–Kier alpha value is -1.63. The van der Waals surface area contributed by atoms with Crippen molar-refractivity contribution in [3.63, 3.8) is 0 Å². The van der Waals surface area contributed by atoms with Gasteiger partial charge in [0.05, 0.1) is 22.3 Å². The highest BCUT2D eigenvalue weighted by molar-refractivity contribution is 5.76. The molecule has 1 fully saturated rings. The van der Waals surface area contributed by atoms with Crippen LogP contribution in [0.5, 0.6) is 0 Å². The molecule has 1 aliphatic heterocycles. The summed E-state index contributed by atoms with van der Waals surface area (Å²) in [5.74, 6) is -1.47. The van der Waals surface area contributed by atoms with Crippen LogP contribution < -0.4 is 0 Å². The molecule has 1 rings (SSSR count). The smallest absolute Gasteiger partial charge is 0.313 e. The summed E-state index contributed by atoms with van der Waals surface area (Å²) in [6.45, 7) is 19.7. The topological polar surface area (TPSA) is 88.1 Å². The quantitative estimate of drug-likeness (QED) is 0.491. The zero-order chi connectivity index (χ0) is 23.7. The normalized spacial score (nSPS) is 27.9. The van der Waals surface area contributed by atoms with Crippen molar-refractivity contribution in [1.82, 2.24) is 0 Å². The van der Waals surface area contributed by atoms with Crippen molar-refractivity contribution < 1.29 is 33.3 Å². The van der Waals surface area contributed by atoms with Crippen LogP contribution in [0, 0.1) is 28.1 Å². The van der Waals surface area contributed by atoms with Crippen LogP contribution in [0.3, 0.4) is 0 Å². The van der Waals surface area contributed by atoms with E-state index in [2.05, 4.69) is 0 Å². The third-order valence-electron chi connectivity index (χ3n) is 5.19. The molecule has 0 spiro atoms. The van der Waals surface area contributed by atoms with Gasteiger partial charge in [0, 0.05) is 5.92 Å². The van der Waals surface area contributed by atoms with Crippen LogP contribution in [0.4, 0.5) is 0 Å². The van der Waals surface area contributed by atoms with E-state index in [4.69, 9.17) is 18.9 Å². The average molecular weight is 429 g/mol. The van der Waals surface area contributed by atoms with E-state index in [1.807, 2.05) is 13.8 Å². The summed E-state index contributed by atoms with van der Waals surface area (Å²) in [5, 5.41) is 0. The lowest BCUT2D eigenvalue weighted by Crippen LogP contribution is -2.55. The Kier molecular flexibility index (Phi) is 8.14. The molecule has 0 amide bonds. The fourth-order valence-corrected chi connectivity index (χ4v) is 2.67. The van der Waals surface area contributed by atoms with Crippen LogP contribution in [0.2, 0.25) is 0 Å². The van der Waals surface area contributed by atoms with Crippen LogP contribution in [-0.2, 0) is 33.3 Å². The van der Waals surface area contributed by atoms with Crippen molar-refractivity contribution in [2.24, 2.45) is 28.1 Å². The Labute approximate surface area is 181 Å². The minimum atomic E-state index is -1.08. The molecule has 7 nitrogen and oxygen atoms in total. The number of carbonyl (C=O) groups excluding carboxylic acids is 3. The Balaban J connectivity index is 3.07. The highest BCUT2D eigenvalue weighted by atomic mass is 16.7. The van der Waals surface area contributed by atoms with Crippen molar-refractivity contribution in [3.8, 4) is 0 Å². The number of carbonyl (C=O) groups is 3. The van der Waals surface area contributed by atoms with E-state index >= 15 is 0 Å². The third-order valence-corrected chi connectivity index (χ3v) is 5.19. The predicted molar refractivity (Wildman–Crippen MR) is 112 cm³/mol. The number of hydrogen-bond acceptors (Lipinski definition) is 7. The molecule has 0 radical (unpaired) electrons. The maximum atomic E-state index is 12.5. The Morgan fingerprint density at radius 1 is 0.700 bits per heavy atom. The number of esters is 3. The summed E-state index contributed by atoms with van der Waals surface area (Å²) in [6, 6.07) is 0. The van der Waals surface area contributed by atoms with Crippen LogP contribution in [-0.4, -0.2) is 43.0 Å². The van der Waals surface area contributed by atoms with Gasteiger partial charge in [0.2, 0.25) is 6.29 Å². The second kappa shape index (κ2) is 9.25. The van der Waals surface area contributed by atoms with E-state index in [-0.39, 0.29) is 24.4 Å². The minimum absolute atomic E-state index is 0.0329. The second-order valence-electron chi connectivity index (χ2n) is 11.4. The molecule has 174 valence electrons. The van der Waals surface area contributed by atoms with Crippen LogP contribution >= 0.6 is 0 Å². The number of ether oxygens (including phenoxy) is 4. The maximum absolute atomic E-state index is 12.5. The molecule has 2 unspecified atom stereocenters. The van der Waals surface area contributed by atoms with Gasteiger partial charge in [-0.25, -0.2) is 0 Å². The summed E-state index contributed by atoms with van der Waals surface area (Å²) in [7, 11) is 0. The monoisotopic (exact) mass is 428 g/mol. The van der Waals surface area contributed by atoms with E-state index in [1.165, 1.54) is 0 Å². The molecule has 0 saturated carbocycles. The largest absolute Gasteiger partial charge is 0.463 e. The zero-order valence-electron chi connectivity index (χ0n) is 20.5. The molecule has 0 aliphatic carbocycles. The maximum Gasteiger partial charge on any atom is 0.313 e. The lowest BCUT2D eigenvalue weighted by atomic mass is 9.83. The van der Waals surface area contributed by atoms with Crippen molar-refractivity contribution in [1.29, 1.82) is 0 Å². The van der Waals surface area contributed by atoms with Crippen molar-refractivity contribution in [3.05, 3.63) is 0 Å². The van der Waals surface area contributed by atoms with Gasteiger partial charge < -0.3 is 18.9 Å². The summed E-state index contributed by atoms with van der Waals surface area (Å²) in [5.41, 5.74) is -2.09. The van der Waals surface area contributed by atoms with Gasteiger partial charge >= 0.3 is 17.9 Å². The predicted octanol–water partition coefficient (Wildman–Crippen LogP) is 4.12. The van der Waals surface area contributed by atoms with Crippen molar-refractivity contribution in [2.75, 3.05) is 6.61 Å². The van der Waals surface area contributed by atoms with E-state index < -0.39 is 46.7 Å². The summed E-state index contributed by atoms with van der Waals surface area (Å²) >= 11 is 0. The third kappa shape index (κ3) is 6.96. The van der Waals surface area contributed by atoms with Gasteiger partial charge in [-0.15, -0.1) is 0 Å². The van der Waals surface area contributed by atoms with E-state index in [0.717, 1.165) is 0 Å². The van der Waals surface area contributed by atoms with Gasteiger partial charge in [-0.05, 0) is 68.2 Å². The van der Waals surface area contributed by atoms with Gasteiger partial charge in [-0.1, -0.05) is 13.8 Å². The molecule has 1 saturated heterocycles. The highest BCUT2D eigenvalue weighted by Crippen LogP contribution is 2.36. The Morgan fingerprint density at radius 3 is 1.57 bits per heavy atom. The summed E-state index contributed by atoms with van der Waals surface area (Å²) in [4.78, 5) is 37.2. The van der Waals surface area contributed by atoms with Crippen molar-refractivity contribution in [2.45, 2.75) is 94.7 Å². The van der Waals surface area contributed by atoms with E-state index in [9.17, 15) is 14.4 Å². The summed E-state index contributed by atoms with van der Waals surface area (Å²) < 4.78 is 22.8. The average Bonchev–Trinajstić information content (AvgIpc) is 2.56. The SMILES string of the molecule is C[C@@H]1C(COC(=O)C(C)(C)C)O[C@@H](OC(=O)C(C)(C)C)C(OC(=O)C(C)(C)C)[C@H]1C. The van der Waals surface area contributed by atoms with Gasteiger partial charge in [0.15, 0.2) is 6.10 Å². The molecule has 30 heavy (non-hydrogen) atoms. The number of hydrogen-bond donors (Lipinski definition) is 0. The zero-order valence-corrected chi connectivity index (χ0v) is 20.5. The molecular weight excluding hydrogens is 388 g/mol. The fraction of sp³-hybridized carbons (Fsp3) is 0.870. The first-order chi connectivity index (χ1) is 13.4. The molecule has 7 heteroatoms.